The van der Waals surface area contributed by atoms with Crippen LogP contribution in [0.3, 0.4) is 0 Å². The summed E-state index contributed by atoms with van der Waals surface area (Å²) in [5.74, 6) is 0.852. The first kappa shape index (κ1) is 14.9. The second-order valence-corrected chi connectivity index (χ2v) is 5.39. The molecule has 1 unspecified atom stereocenters. The number of rotatable bonds is 4. The van der Waals surface area contributed by atoms with Gasteiger partial charge in [-0.05, 0) is 31.0 Å². The summed E-state index contributed by atoms with van der Waals surface area (Å²) in [6.45, 7) is 3.90. The van der Waals surface area contributed by atoms with Crippen LogP contribution in [0.5, 0.6) is 5.75 Å². The maximum atomic E-state index is 6.29. The Morgan fingerprint density at radius 2 is 2.10 bits per heavy atom. The Labute approximate surface area is 124 Å². The van der Waals surface area contributed by atoms with Crippen LogP contribution in [-0.2, 0) is 13.5 Å². The Kier molecular flexibility index (Phi) is 4.35. The molecule has 20 heavy (non-hydrogen) atoms. The highest BCUT2D eigenvalue weighted by Crippen LogP contribution is 2.27. The number of aromatic nitrogens is 2. The van der Waals surface area contributed by atoms with Crippen molar-refractivity contribution in [2.75, 3.05) is 7.11 Å². The van der Waals surface area contributed by atoms with E-state index in [-0.39, 0.29) is 6.04 Å². The SMILES string of the molecule is COc1cc(C(N)Cc2c(Cl)c(C)nn2C)ccc1C. The summed E-state index contributed by atoms with van der Waals surface area (Å²) in [6.07, 6.45) is 0.641. The van der Waals surface area contributed by atoms with Gasteiger partial charge in [0.2, 0.25) is 0 Å². The summed E-state index contributed by atoms with van der Waals surface area (Å²) in [4.78, 5) is 0. The maximum Gasteiger partial charge on any atom is 0.122 e. The number of hydrogen-bond acceptors (Lipinski definition) is 3. The van der Waals surface area contributed by atoms with E-state index in [4.69, 9.17) is 22.1 Å². The van der Waals surface area contributed by atoms with Crippen LogP contribution >= 0.6 is 11.6 Å². The van der Waals surface area contributed by atoms with Gasteiger partial charge in [-0.1, -0.05) is 23.7 Å². The minimum absolute atomic E-state index is 0.142. The van der Waals surface area contributed by atoms with Crippen molar-refractivity contribution in [1.29, 1.82) is 0 Å². The van der Waals surface area contributed by atoms with Crippen molar-refractivity contribution in [3.8, 4) is 5.75 Å². The summed E-state index contributed by atoms with van der Waals surface area (Å²) in [7, 11) is 3.55. The van der Waals surface area contributed by atoms with Crippen LogP contribution in [0.2, 0.25) is 5.02 Å². The van der Waals surface area contributed by atoms with E-state index in [9.17, 15) is 0 Å². The zero-order chi connectivity index (χ0) is 14.9. The second-order valence-electron chi connectivity index (χ2n) is 5.01. The highest BCUT2D eigenvalue weighted by atomic mass is 35.5. The number of aryl methyl sites for hydroxylation is 3. The first-order valence-electron chi connectivity index (χ1n) is 6.52. The van der Waals surface area contributed by atoms with Crippen LogP contribution < -0.4 is 10.5 Å². The van der Waals surface area contributed by atoms with E-state index in [0.717, 1.165) is 28.3 Å². The molecule has 1 heterocycles. The number of nitrogens with two attached hydrogens (primary N) is 1. The molecule has 2 N–H and O–H groups in total. The van der Waals surface area contributed by atoms with Gasteiger partial charge in [-0.3, -0.25) is 4.68 Å². The largest absolute Gasteiger partial charge is 0.496 e. The van der Waals surface area contributed by atoms with E-state index in [1.54, 1.807) is 11.8 Å². The molecule has 0 spiro atoms. The van der Waals surface area contributed by atoms with E-state index >= 15 is 0 Å². The monoisotopic (exact) mass is 293 g/mol. The van der Waals surface area contributed by atoms with E-state index < -0.39 is 0 Å². The molecule has 0 fully saturated rings. The lowest BCUT2D eigenvalue weighted by Gasteiger charge is -2.15. The highest BCUT2D eigenvalue weighted by Gasteiger charge is 2.16. The quantitative estimate of drug-likeness (QED) is 0.943. The third-order valence-corrected chi connectivity index (χ3v) is 4.03. The zero-order valence-corrected chi connectivity index (χ0v) is 13.0. The predicted octanol–water partition coefficient (Wildman–Crippen LogP) is 2.94. The normalized spacial score (nSPS) is 12.5. The molecule has 1 atom stereocenters. The predicted molar refractivity (Wildman–Crippen MR) is 81.3 cm³/mol. The van der Waals surface area contributed by atoms with Gasteiger partial charge in [-0.25, -0.2) is 0 Å². The first-order valence-corrected chi connectivity index (χ1v) is 6.90. The van der Waals surface area contributed by atoms with Gasteiger partial charge in [-0.2, -0.15) is 5.10 Å². The lowest BCUT2D eigenvalue weighted by atomic mass is 10.0. The molecule has 0 aliphatic rings. The molecule has 0 saturated heterocycles. The number of halogens is 1. The van der Waals surface area contributed by atoms with Crippen LogP contribution in [-0.4, -0.2) is 16.9 Å². The lowest BCUT2D eigenvalue weighted by Crippen LogP contribution is -2.16. The van der Waals surface area contributed by atoms with Crippen LogP contribution in [0.25, 0.3) is 0 Å². The van der Waals surface area contributed by atoms with Crippen LogP contribution in [0.15, 0.2) is 18.2 Å². The van der Waals surface area contributed by atoms with Gasteiger partial charge in [0.15, 0.2) is 0 Å². The molecule has 0 amide bonds. The van der Waals surface area contributed by atoms with E-state index in [1.165, 1.54) is 0 Å². The van der Waals surface area contributed by atoms with E-state index in [2.05, 4.69) is 5.10 Å². The van der Waals surface area contributed by atoms with Crippen molar-refractivity contribution in [3.63, 3.8) is 0 Å². The van der Waals surface area contributed by atoms with Crippen molar-refractivity contribution in [3.05, 3.63) is 45.7 Å². The molecule has 5 heteroatoms. The van der Waals surface area contributed by atoms with Crippen molar-refractivity contribution in [2.45, 2.75) is 26.3 Å². The molecular weight excluding hydrogens is 274 g/mol. The average Bonchev–Trinajstić information content (AvgIpc) is 2.66. The molecular formula is C15H20ClN3O. The maximum absolute atomic E-state index is 6.29. The topological polar surface area (TPSA) is 53.1 Å². The van der Waals surface area contributed by atoms with E-state index in [1.807, 2.05) is 39.1 Å². The van der Waals surface area contributed by atoms with Crippen LogP contribution in [0.1, 0.15) is 28.6 Å². The van der Waals surface area contributed by atoms with Crippen molar-refractivity contribution >= 4 is 11.6 Å². The summed E-state index contributed by atoms with van der Waals surface area (Å²) in [5.41, 5.74) is 10.2. The molecule has 0 saturated carbocycles. The molecule has 1 aromatic heterocycles. The first-order chi connectivity index (χ1) is 9.43. The van der Waals surface area contributed by atoms with Gasteiger partial charge in [0, 0.05) is 19.5 Å². The van der Waals surface area contributed by atoms with Gasteiger partial charge in [0.1, 0.15) is 5.75 Å². The molecule has 0 aliphatic heterocycles. The Bertz CT molecular complexity index is 622. The number of ether oxygens (including phenoxy) is 1. The third kappa shape index (κ3) is 2.81. The smallest absolute Gasteiger partial charge is 0.122 e. The Balaban J connectivity index is 2.26. The standard InChI is InChI=1S/C15H20ClN3O/c1-9-5-6-11(7-14(9)20-4)12(17)8-13-15(16)10(2)18-19(13)3/h5-7,12H,8,17H2,1-4H3. The Morgan fingerprint density at radius 3 is 2.65 bits per heavy atom. The number of benzene rings is 1. The van der Waals surface area contributed by atoms with Crippen LogP contribution in [0, 0.1) is 13.8 Å². The molecule has 0 radical (unpaired) electrons. The number of nitrogens with zero attached hydrogens (tertiary/aromatic N) is 2. The minimum Gasteiger partial charge on any atom is -0.496 e. The molecule has 1 aromatic carbocycles. The van der Waals surface area contributed by atoms with Gasteiger partial charge >= 0.3 is 0 Å². The van der Waals surface area contributed by atoms with Gasteiger partial charge in [-0.15, -0.1) is 0 Å². The fourth-order valence-electron chi connectivity index (χ4n) is 2.30. The second kappa shape index (κ2) is 5.85. The van der Waals surface area contributed by atoms with Gasteiger partial charge < -0.3 is 10.5 Å². The average molecular weight is 294 g/mol. The lowest BCUT2D eigenvalue weighted by molar-refractivity contribution is 0.410. The molecule has 2 aromatic rings. The molecule has 2 rings (SSSR count). The highest BCUT2D eigenvalue weighted by molar-refractivity contribution is 6.31. The number of hydrogen-bond donors (Lipinski definition) is 1. The molecule has 108 valence electrons. The zero-order valence-electron chi connectivity index (χ0n) is 12.3. The van der Waals surface area contributed by atoms with E-state index in [0.29, 0.717) is 11.4 Å². The van der Waals surface area contributed by atoms with Gasteiger partial charge in [0.05, 0.1) is 23.5 Å². The molecule has 4 nitrogen and oxygen atoms in total. The van der Waals surface area contributed by atoms with Gasteiger partial charge in [0.25, 0.3) is 0 Å². The van der Waals surface area contributed by atoms with Crippen LogP contribution in [0.4, 0.5) is 0 Å². The summed E-state index contributed by atoms with van der Waals surface area (Å²) in [5, 5.41) is 5.01. The number of methoxy groups -OCH3 is 1. The molecule has 0 aliphatic carbocycles. The summed E-state index contributed by atoms with van der Waals surface area (Å²) < 4.78 is 7.13. The van der Waals surface area contributed by atoms with Crippen molar-refractivity contribution in [2.24, 2.45) is 12.8 Å². The fraction of sp³-hybridized carbons (Fsp3) is 0.400. The summed E-state index contributed by atoms with van der Waals surface area (Å²) in [6, 6.07) is 5.89. The van der Waals surface area contributed by atoms with Crippen molar-refractivity contribution < 1.29 is 4.74 Å². The summed E-state index contributed by atoms with van der Waals surface area (Å²) >= 11 is 6.27. The third-order valence-electron chi connectivity index (χ3n) is 3.54. The Hall–Kier alpha value is -1.52. The molecule has 0 bridgehead atoms. The van der Waals surface area contributed by atoms with Crippen molar-refractivity contribution in [1.82, 2.24) is 9.78 Å². The fourth-order valence-corrected chi connectivity index (χ4v) is 2.53. The minimum atomic E-state index is -0.142. The Morgan fingerprint density at radius 1 is 1.40 bits per heavy atom.